The van der Waals surface area contributed by atoms with Crippen LogP contribution in [0.1, 0.15) is 18.4 Å². The number of nitrogens with two attached hydrogens (primary N) is 1. The summed E-state index contributed by atoms with van der Waals surface area (Å²) in [6, 6.07) is 7.02. The van der Waals surface area contributed by atoms with Gasteiger partial charge in [0, 0.05) is 16.7 Å². The van der Waals surface area contributed by atoms with E-state index in [2.05, 4.69) is 15.0 Å². The molecule has 0 aliphatic heterocycles. The first-order chi connectivity index (χ1) is 12.8. The molecule has 0 amide bonds. The number of aromatic amines is 1. The fourth-order valence-electron chi connectivity index (χ4n) is 2.59. The molecule has 4 N–H and O–H groups in total. The Hall–Kier alpha value is -2.10. The zero-order chi connectivity index (χ0) is 19.6. The van der Waals surface area contributed by atoms with E-state index < -0.39 is 15.4 Å². The van der Waals surface area contributed by atoms with Gasteiger partial charge in [0.2, 0.25) is 5.16 Å². The van der Waals surface area contributed by atoms with Crippen molar-refractivity contribution in [1.29, 1.82) is 4.78 Å². The largest absolute Gasteiger partial charge is 0.382 e. The molecule has 0 saturated heterocycles. The maximum Gasteiger partial charge on any atom is 0.328 e. The van der Waals surface area contributed by atoms with Crippen LogP contribution in [0.4, 0.5) is 5.82 Å². The lowest BCUT2D eigenvalue weighted by Crippen LogP contribution is -2.18. The minimum atomic E-state index is -3.24. The van der Waals surface area contributed by atoms with Gasteiger partial charge >= 0.3 is 5.69 Å². The van der Waals surface area contributed by atoms with E-state index in [0.29, 0.717) is 23.7 Å². The predicted octanol–water partition coefficient (Wildman–Crippen LogP) is 2.83. The van der Waals surface area contributed by atoms with E-state index in [1.807, 2.05) is 0 Å². The van der Waals surface area contributed by atoms with Crippen LogP contribution in [0, 0.1) is 4.78 Å². The number of nitrogens with one attached hydrogen (secondary N) is 2. The number of anilines is 1. The molecule has 1 atom stereocenters. The molecule has 1 unspecified atom stereocenters. The zero-order valence-electron chi connectivity index (χ0n) is 14.2. The number of H-pyrrole nitrogens is 1. The Morgan fingerprint density at radius 1 is 1.22 bits per heavy atom. The molecule has 0 aliphatic rings. The Morgan fingerprint density at radius 3 is 2.59 bits per heavy atom. The van der Waals surface area contributed by atoms with Crippen LogP contribution >= 0.6 is 23.2 Å². The van der Waals surface area contributed by atoms with Gasteiger partial charge in [0.25, 0.3) is 0 Å². The maximum atomic E-state index is 12.7. The zero-order valence-corrected chi connectivity index (χ0v) is 16.6. The molecule has 11 heteroatoms. The number of alkyl halides is 1. The summed E-state index contributed by atoms with van der Waals surface area (Å²) in [5.41, 5.74) is 6.81. The van der Waals surface area contributed by atoms with E-state index in [9.17, 15) is 9.00 Å². The van der Waals surface area contributed by atoms with Gasteiger partial charge < -0.3 is 10.7 Å². The van der Waals surface area contributed by atoms with Crippen LogP contribution in [0.15, 0.2) is 34.2 Å². The van der Waals surface area contributed by atoms with Crippen molar-refractivity contribution < 1.29 is 4.21 Å². The number of rotatable bonds is 7. The molecular formula is C16H18Cl2N6O2S. The lowest BCUT2D eigenvalue weighted by atomic mass is 10.2. The molecule has 1 aromatic carbocycles. The molecule has 144 valence electrons. The van der Waals surface area contributed by atoms with Crippen LogP contribution in [0.5, 0.6) is 0 Å². The fourth-order valence-corrected chi connectivity index (χ4v) is 4.18. The van der Waals surface area contributed by atoms with Crippen molar-refractivity contribution in [3.63, 3.8) is 0 Å². The molecule has 0 bridgehead atoms. The number of halogens is 2. The summed E-state index contributed by atoms with van der Waals surface area (Å²) >= 11 is 11.5. The Bertz CT molecular complexity index is 1120. The number of nitrogens with zero attached hydrogens (tertiary/aromatic N) is 3. The second-order valence-electron chi connectivity index (χ2n) is 6.01. The molecule has 0 saturated carbocycles. The maximum absolute atomic E-state index is 12.7. The first-order valence-corrected chi connectivity index (χ1v) is 10.8. The summed E-state index contributed by atoms with van der Waals surface area (Å²) in [5, 5.41) is 0.413. The molecule has 27 heavy (non-hydrogen) atoms. The number of benzene rings is 1. The Morgan fingerprint density at radius 2 is 1.93 bits per heavy atom. The number of hydrogen-bond donors (Lipinski definition) is 3. The minimum Gasteiger partial charge on any atom is -0.382 e. The highest BCUT2D eigenvalue weighted by atomic mass is 35.5. The van der Waals surface area contributed by atoms with Crippen molar-refractivity contribution in [3.05, 3.63) is 45.3 Å². The average Bonchev–Trinajstić information content (AvgIpc) is 2.93. The smallest absolute Gasteiger partial charge is 0.328 e. The molecule has 0 radical (unpaired) electrons. The normalized spacial score (nSPS) is 13.7. The number of fused-ring (bicyclic) bond motifs is 1. The average molecular weight is 429 g/mol. The van der Waals surface area contributed by atoms with Crippen molar-refractivity contribution in [2.75, 3.05) is 17.4 Å². The number of hydrogen-bond acceptors (Lipinski definition) is 6. The number of aromatic nitrogens is 4. The van der Waals surface area contributed by atoms with E-state index in [0.717, 1.165) is 5.56 Å². The summed E-state index contributed by atoms with van der Waals surface area (Å²) in [5.74, 6) is 0.492. The van der Waals surface area contributed by atoms with Crippen LogP contribution in [0.3, 0.4) is 0 Å². The van der Waals surface area contributed by atoms with Crippen LogP contribution < -0.4 is 11.4 Å². The van der Waals surface area contributed by atoms with Crippen LogP contribution in [0.2, 0.25) is 5.02 Å². The van der Waals surface area contributed by atoms with Crippen molar-refractivity contribution in [1.82, 2.24) is 19.5 Å². The molecule has 0 aliphatic carbocycles. The van der Waals surface area contributed by atoms with Gasteiger partial charge in [-0.25, -0.2) is 18.8 Å². The van der Waals surface area contributed by atoms with E-state index >= 15 is 0 Å². The van der Waals surface area contributed by atoms with E-state index in [1.165, 1.54) is 4.57 Å². The number of imidazole rings is 1. The van der Waals surface area contributed by atoms with Gasteiger partial charge in [0.05, 0.1) is 6.54 Å². The molecule has 0 spiro atoms. The Labute approximate surface area is 165 Å². The van der Waals surface area contributed by atoms with Crippen LogP contribution in [-0.2, 0) is 16.3 Å². The molecule has 2 aromatic heterocycles. The third-order valence-corrected chi connectivity index (χ3v) is 6.15. The van der Waals surface area contributed by atoms with Crippen LogP contribution in [-0.4, -0.2) is 35.4 Å². The highest BCUT2D eigenvalue weighted by Gasteiger charge is 2.20. The first-order valence-electron chi connectivity index (χ1n) is 8.15. The highest BCUT2D eigenvalue weighted by molar-refractivity contribution is 7.92. The second kappa shape index (κ2) is 7.87. The SMILES string of the molecule is N=S(=O)(CCCCCl)c1nc(N)c2[nH]c(=O)n(Cc3ccc(Cl)cc3)c2n1. The topological polar surface area (TPSA) is 131 Å². The Balaban J connectivity index is 2.05. The standard InChI is InChI=1S/C16H18Cl2N6O2S/c17-7-1-2-8-27(20,26)15-22-13(19)12-14(23-15)24(16(25)21-12)9-10-3-5-11(18)6-4-10/h3-6,20H,1-2,7-9H2,(H,21,25)(H2,19,22,23). The van der Waals surface area contributed by atoms with Gasteiger partial charge in [-0.15, -0.1) is 11.6 Å². The van der Waals surface area contributed by atoms with Crippen LogP contribution in [0.25, 0.3) is 11.2 Å². The fraction of sp³-hybridized carbons (Fsp3) is 0.312. The lowest BCUT2D eigenvalue weighted by molar-refractivity contribution is 0.662. The summed E-state index contributed by atoms with van der Waals surface area (Å²) in [7, 11) is -3.24. The molecule has 3 aromatic rings. The van der Waals surface area contributed by atoms with Crippen molar-refractivity contribution in [2.45, 2.75) is 24.5 Å². The quantitative estimate of drug-likeness (QED) is 0.302. The first kappa shape index (κ1) is 19.7. The Kier molecular flexibility index (Phi) is 5.73. The molecule has 0 fully saturated rings. The van der Waals surface area contributed by atoms with E-state index in [4.69, 9.17) is 33.7 Å². The van der Waals surface area contributed by atoms with Gasteiger partial charge in [-0.3, -0.25) is 4.57 Å². The number of unbranched alkanes of at least 4 members (excludes halogenated alkanes) is 1. The molecule has 3 rings (SSSR count). The molecule has 2 heterocycles. The molecule has 8 nitrogen and oxygen atoms in total. The van der Waals surface area contributed by atoms with E-state index in [-0.39, 0.29) is 34.4 Å². The van der Waals surface area contributed by atoms with Gasteiger partial charge in [0.15, 0.2) is 11.5 Å². The summed E-state index contributed by atoms with van der Waals surface area (Å²) in [6.07, 6.45) is 1.15. The highest BCUT2D eigenvalue weighted by Crippen LogP contribution is 2.19. The third kappa shape index (κ3) is 4.26. The lowest BCUT2D eigenvalue weighted by Gasteiger charge is -2.08. The summed E-state index contributed by atoms with van der Waals surface area (Å²) < 4.78 is 22.2. The summed E-state index contributed by atoms with van der Waals surface area (Å²) in [6.45, 7) is 0.220. The van der Waals surface area contributed by atoms with Gasteiger partial charge in [-0.2, -0.15) is 4.98 Å². The third-order valence-electron chi connectivity index (χ3n) is 3.99. The van der Waals surface area contributed by atoms with Gasteiger partial charge in [-0.1, -0.05) is 23.7 Å². The molecular weight excluding hydrogens is 411 g/mol. The van der Waals surface area contributed by atoms with Crippen molar-refractivity contribution in [3.8, 4) is 0 Å². The summed E-state index contributed by atoms with van der Waals surface area (Å²) in [4.78, 5) is 23.2. The van der Waals surface area contributed by atoms with Gasteiger partial charge in [-0.05, 0) is 30.5 Å². The second-order valence-corrected chi connectivity index (χ2v) is 8.95. The number of nitrogen functional groups attached to an aromatic ring is 1. The van der Waals surface area contributed by atoms with Gasteiger partial charge in [0.1, 0.15) is 15.2 Å². The van der Waals surface area contributed by atoms with E-state index in [1.54, 1.807) is 24.3 Å². The minimum absolute atomic E-state index is 0.0146. The monoisotopic (exact) mass is 428 g/mol. The predicted molar refractivity (Wildman–Crippen MR) is 107 cm³/mol. The van der Waals surface area contributed by atoms with Crippen molar-refractivity contribution in [2.24, 2.45) is 0 Å². The van der Waals surface area contributed by atoms with Crippen molar-refractivity contribution >= 4 is 49.9 Å².